The zero-order chi connectivity index (χ0) is 13.5. The number of aromatic nitrogens is 2. The minimum Gasteiger partial charge on any atom is -0.383 e. The molecule has 1 saturated heterocycles. The number of methoxy groups -OCH3 is 1. The number of nitrogens with one attached hydrogen (secondary N) is 1. The van der Waals surface area contributed by atoms with Gasteiger partial charge < -0.3 is 19.5 Å². The molecule has 1 fully saturated rings. The molecule has 0 spiro atoms. The average molecular weight is 266 g/mol. The standard InChI is InChI=1S/C14H26N4O/c1-13-12-18(14(16-13)15-6-11-19-2)10-9-17-7-4-3-5-8-17/h12H,3-11H2,1-2H3,(H,15,16). The van der Waals surface area contributed by atoms with Crippen LogP contribution in [0.1, 0.15) is 25.0 Å². The van der Waals surface area contributed by atoms with E-state index in [2.05, 4.69) is 26.0 Å². The Bertz CT molecular complexity index is 372. The van der Waals surface area contributed by atoms with Gasteiger partial charge in [-0.1, -0.05) is 6.42 Å². The molecule has 0 bridgehead atoms. The van der Waals surface area contributed by atoms with E-state index in [0.717, 1.165) is 31.3 Å². The van der Waals surface area contributed by atoms with Crippen molar-refractivity contribution in [1.82, 2.24) is 14.5 Å². The third kappa shape index (κ3) is 4.51. The number of piperidine rings is 1. The Labute approximate surface area is 116 Å². The van der Waals surface area contributed by atoms with E-state index in [1.165, 1.54) is 32.4 Å². The van der Waals surface area contributed by atoms with E-state index in [9.17, 15) is 0 Å². The first kappa shape index (κ1) is 14.3. The third-order valence-corrected chi connectivity index (χ3v) is 3.59. The molecule has 0 unspecified atom stereocenters. The maximum atomic E-state index is 5.06. The fourth-order valence-corrected chi connectivity index (χ4v) is 2.56. The minimum atomic E-state index is 0.706. The molecule has 0 aromatic carbocycles. The van der Waals surface area contributed by atoms with Gasteiger partial charge in [-0.05, 0) is 32.9 Å². The van der Waals surface area contributed by atoms with Crippen molar-refractivity contribution in [3.63, 3.8) is 0 Å². The van der Waals surface area contributed by atoms with Gasteiger partial charge in [0.1, 0.15) is 0 Å². The zero-order valence-electron chi connectivity index (χ0n) is 12.2. The highest BCUT2D eigenvalue weighted by Gasteiger charge is 2.11. The Morgan fingerprint density at radius 2 is 2.05 bits per heavy atom. The van der Waals surface area contributed by atoms with Crippen molar-refractivity contribution in [2.75, 3.05) is 45.2 Å². The van der Waals surface area contributed by atoms with E-state index in [-0.39, 0.29) is 0 Å². The van der Waals surface area contributed by atoms with Crippen LogP contribution in [0.5, 0.6) is 0 Å². The highest BCUT2D eigenvalue weighted by molar-refractivity contribution is 5.28. The van der Waals surface area contributed by atoms with Gasteiger partial charge in [0.25, 0.3) is 0 Å². The Morgan fingerprint density at radius 3 is 2.79 bits per heavy atom. The second-order valence-electron chi connectivity index (χ2n) is 5.22. The molecule has 5 heteroatoms. The lowest BCUT2D eigenvalue weighted by Gasteiger charge is -2.26. The highest BCUT2D eigenvalue weighted by Crippen LogP contribution is 2.11. The van der Waals surface area contributed by atoms with E-state index in [1.807, 2.05) is 6.92 Å². The van der Waals surface area contributed by atoms with Gasteiger partial charge in [0.05, 0.1) is 12.3 Å². The average Bonchev–Trinajstić information content (AvgIpc) is 2.78. The van der Waals surface area contributed by atoms with Crippen LogP contribution < -0.4 is 5.32 Å². The van der Waals surface area contributed by atoms with E-state index >= 15 is 0 Å². The smallest absolute Gasteiger partial charge is 0.203 e. The van der Waals surface area contributed by atoms with Gasteiger partial charge in [0, 0.05) is 32.9 Å². The largest absolute Gasteiger partial charge is 0.383 e. The van der Waals surface area contributed by atoms with Crippen molar-refractivity contribution in [3.05, 3.63) is 11.9 Å². The van der Waals surface area contributed by atoms with Crippen LogP contribution in [-0.2, 0) is 11.3 Å². The second-order valence-corrected chi connectivity index (χ2v) is 5.22. The molecular weight excluding hydrogens is 240 g/mol. The SMILES string of the molecule is COCCNc1nc(C)cn1CCN1CCCCC1. The minimum absolute atomic E-state index is 0.706. The van der Waals surface area contributed by atoms with Crippen LogP contribution in [-0.4, -0.2) is 54.3 Å². The molecule has 1 aliphatic heterocycles. The lowest BCUT2D eigenvalue weighted by atomic mass is 10.1. The lowest BCUT2D eigenvalue weighted by molar-refractivity contribution is 0.210. The summed E-state index contributed by atoms with van der Waals surface area (Å²) in [5, 5.41) is 3.33. The Kier molecular flexibility index (Phi) is 5.66. The van der Waals surface area contributed by atoms with Gasteiger partial charge in [0.2, 0.25) is 5.95 Å². The molecular formula is C14H26N4O. The molecule has 19 heavy (non-hydrogen) atoms. The van der Waals surface area contributed by atoms with E-state index < -0.39 is 0 Å². The van der Waals surface area contributed by atoms with Crippen molar-refractivity contribution in [1.29, 1.82) is 0 Å². The number of rotatable bonds is 7. The Morgan fingerprint density at radius 1 is 1.26 bits per heavy atom. The summed E-state index contributed by atoms with van der Waals surface area (Å²) in [7, 11) is 1.72. The molecule has 108 valence electrons. The first-order chi connectivity index (χ1) is 9.29. The summed E-state index contributed by atoms with van der Waals surface area (Å²) < 4.78 is 7.28. The number of anilines is 1. The molecule has 2 heterocycles. The molecule has 5 nitrogen and oxygen atoms in total. The van der Waals surface area contributed by atoms with Crippen LogP contribution in [0.2, 0.25) is 0 Å². The van der Waals surface area contributed by atoms with Crippen LogP contribution >= 0.6 is 0 Å². The van der Waals surface area contributed by atoms with E-state index in [1.54, 1.807) is 7.11 Å². The number of likely N-dealkylation sites (tertiary alicyclic amines) is 1. The number of ether oxygens (including phenoxy) is 1. The maximum absolute atomic E-state index is 5.06. The summed E-state index contributed by atoms with van der Waals surface area (Å²) in [6.07, 6.45) is 6.22. The van der Waals surface area contributed by atoms with Crippen LogP contribution in [0.15, 0.2) is 6.20 Å². The molecule has 0 aliphatic carbocycles. The van der Waals surface area contributed by atoms with Gasteiger partial charge >= 0.3 is 0 Å². The molecule has 2 rings (SSSR count). The number of nitrogens with zero attached hydrogens (tertiary/aromatic N) is 3. The third-order valence-electron chi connectivity index (χ3n) is 3.59. The molecule has 1 aliphatic rings. The van der Waals surface area contributed by atoms with Crippen LogP contribution in [0.3, 0.4) is 0 Å². The predicted octanol–water partition coefficient (Wildman–Crippen LogP) is 1.74. The molecule has 0 amide bonds. The van der Waals surface area contributed by atoms with Crippen LogP contribution in [0.25, 0.3) is 0 Å². The monoisotopic (exact) mass is 266 g/mol. The molecule has 0 saturated carbocycles. The highest BCUT2D eigenvalue weighted by atomic mass is 16.5. The van der Waals surface area contributed by atoms with E-state index in [0.29, 0.717) is 6.61 Å². The summed E-state index contributed by atoms with van der Waals surface area (Å²) in [6.45, 7) is 8.18. The molecule has 0 atom stereocenters. The Hall–Kier alpha value is -1.07. The quantitative estimate of drug-likeness (QED) is 0.763. The number of hydrogen-bond donors (Lipinski definition) is 1. The topological polar surface area (TPSA) is 42.3 Å². The van der Waals surface area contributed by atoms with Gasteiger partial charge in [-0.15, -0.1) is 0 Å². The number of imidazole rings is 1. The van der Waals surface area contributed by atoms with Crippen molar-refractivity contribution in [2.24, 2.45) is 0 Å². The fraction of sp³-hybridized carbons (Fsp3) is 0.786. The summed E-state index contributed by atoms with van der Waals surface area (Å²) >= 11 is 0. The number of hydrogen-bond acceptors (Lipinski definition) is 4. The van der Waals surface area contributed by atoms with Crippen molar-refractivity contribution < 1.29 is 4.74 Å². The van der Waals surface area contributed by atoms with Crippen LogP contribution in [0.4, 0.5) is 5.95 Å². The predicted molar refractivity (Wildman–Crippen MR) is 77.6 cm³/mol. The molecule has 1 aromatic rings. The van der Waals surface area contributed by atoms with Crippen LogP contribution in [0, 0.1) is 6.92 Å². The summed E-state index contributed by atoms with van der Waals surface area (Å²) in [5.74, 6) is 0.964. The van der Waals surface area contributed by atoms with Crippen molar-refractivity contribution in [2.45, 2.75) is 32.7 Å². The first-order valence-corrected chi connectivity index (χ1v) is 7.28. The maximum Gasteiger partial charge on any atom is 0.203 e. The van der Waals surface area contributed by atoms with Crippen molar-refractivity contribution >= 4 is 5.95 Å². The van der Waals surface area contributed by atoms with Crippen molar-refractivity contribution in [3.8, 4) is 0 Å². The zero-order valence-corrected chi connectivity index (χ0v) is 12.2. The normalized spacial score (nSPS) is 16.7. The first-order valence-electron chi connectivity index (χ1n) is 7.28. The number of aryl methyl sites for hydroxylation is 1. The second kappa shape index (κ2) is 7.50. The molecule has 1 N–H and O–H groups in total. The van der Waals surface area contributed by atoms with Gasteiger partial charge in [-0.25, -0.2) is 4.98 Å². The molecule has 1 aromatic heterocycles. The summed E-state index contributed by atoms with van der Waals surface area (Å²) in [6, 6.07) is 0. The van der Waals surface area contributed by atoms with Gasteiger partial charge in [-0.2, -0.15) is 0 Å². The Balaban J connectivity index is 1.83. The van der Waals surface area contributed by atoms with Gasteiger partial charge in [-0.3, -0.25) is 0 Å². The molecule has 0 radical (unpaired) electrons. The summed E-state index contributed by atoms with van der Waals surface area (Å²) in [4.78, 5) is 7.08. The summed E-state index contributed by atoms with van der Waals surface area (Å²) in [5.41, 5.74) is 1.07. The van der Waals surface area contributed by atoms with E-state index in [4.69, 9.17) is 4.74 Å². The van der Waals surface area contributed by atoms with Gasteiger partial charge in [0.15, 0.2) is 0 Å². The fourth-order valence-electron chi connectivity index (χ4n) is 2.56. The lowest BCUT2D eigenvalue weighted by Crippen LogP contribution is -2.32.